The first-order chi connectivity index (χ1) is 12.8. The van der Waals surface area contributed by atoms with Crippen LogP contribution < -0.4 is 4.74 Å². The van der Waals surface area contributed by atoms with Crippen molar-refractivity contribution in [3.63, 3.8) is 0 Å². The molecule has 4 nitrogen and oxygen atoms in total. The van der Waals surface area contributed by atoms with Gasteiger partial charge in [0, 0.05) is 18.8 Å². The van der Waals surface area contributed by atoms with Gasteiger partial charge in [0.2, 0.25) is 0 Å². The fraction of sp³-hybridized carbons (Fsp3) is 0.318. The first kappa shape index (κ1) is 16.9. The second kappa shape index (κ2) is 7.75. The highest BCUT2D eigenvalue weighted by Crippen LogP contribution is 2.24. The number of rotatable bonds is 6. The van der Waals surface area contributed by atoms with E-state index in [0.29, 0.717) is 6.04 Å². The normalized spacial score (nSPS) is 17.5. The Hall–Kier alpha value is -2.59. The third kappa shape index (κ3) is 3.81. The molecule has 0 bridgehead atoms. The Balaban J connectivity index is 1.43. The molecule has 134 valence electrons. The Kier molecular flexibility index (Phi) is 5.02. The highest BCUT2D eigenvalue weighted by molar-refractivity contribution is 5.31. The zero-order chi connectivity index (χ0) is 17.8. The molecule has 4 rings (SSSR count). The van der Waals surface area contributed by atoms with Crippen molar-refractivity contribution in [3.05, 3.63) is 78.1 Å². The van der Waals surface area contributed by atoms with E-state index < -0.39 is 0 Å². The first-order valence-corrected chi connectivity index (χ1v) is 9.29. The second-order valence-corrected chi connectivity index (χ2v) is 6.91. The van der Waals surface area contributed by atoms with Crippen LogP contribution in [-0.2, 0) is 13.0 Å². The minimum absolute atomic E-state index is 0.573. The van der Waals surface area contributed by atoms with Crippen LogP contribution >= 0.6 is 0 Å². The third-order valence-corrected chi connectivity index (χ3v) is 5.13. The summed E-state index contributed by atoms with van der Waals surface area (Å²) in [7, 11) is 1.73. The molecule has 26 heavy (non-hydrogen) atoms. The molecular formula is C22H25N3O. The molecule has 0 amide bonds. The molecule has 0 aliphatic carbocycles. The minimum Gasteiger partial charge on any atom is -0.497 e. The van der Waals surface area contributed by atoms with Crippen LogP contribution in [0.25, 0.3) is 5.69 Å². The summed E-state index contributed by atoms with van der Waals surface area (Å²) in [6.45, 7) is 2.06. The van der Waals surface area contributed by atoms with Crippen molar-refractivity contribution in [2.75, 3.05) is 13.7 Å². The molecule has 1 fully saturated rings. The molecule has 1 aliphatic rings. The van der Waals surface area contributed by atoms with Crippen LogP contribution in [0.2, 0.25) is 0 Å². The van der Waals surface area contributed by atoms with Crippen LogP contribution in [0.1, 0.15) is 24.1 Å². The van der Waals surface area contributed by atoms with Gasteiger partial charge in [0.05, 0.1) is 18.5 Å². The molecule has 2 heterocycles. The molecule has 4 heteroatoms. The van der Waals surface area contributed by atoms with Gasteiger partial charge in [0.1, 0.15) is 5.75 Å². The van der Waals surface area contributed by atoms with Crippen molar-refractivity contribution in [3.8, 4) is 11.4 Å². The number of ether oxygens (including phenoxy) is 1. The number of nitrogens with zero attached hydrogens (tertiary/aromatic N) is 3. The van der Waals surface area contributed by atoms with Gasteiger partial charge in [0.25, 0.3) is 0 Å². The molecule has 2 aromatic carbocycles. The van der Waals surface area contributed by atoms with E-state index in [9.17, 15) is 0 Å². The van der Waals surface area contributed by atoms with Crippen molar-refractivity contribution < 1.29 is 4.74 Å². The highest BCUT2D eigenvalue weighted by Gasteiger charge is 2.25. The Morgan fingerprint density at radius 2 is 1.96 bits per heavy atom. The third-order valence-electron chi connectivity index (χ3n) is 5.13. The van der Waals surface area contributed by atoms with Gasteiger partial charge in [-0.15, -0.1) is 0 Å². The van der Waals surface area contributed by atoms with Gasteiger partial charge < -0.3 is 4.74 Å². The number of benzene rings is 2. The molecule has 0 saturated carbocycles. The lowest BCUT2D eigenvalue weighted by molar-refractivity contribution is 0.240. The molecule has 0 radical (unpaired) electrons. The van der Waals surface area contributed by atoms with Crippen LogP contribution in [0.15, 0.2) is 66.9 Å². The summed E-state index contributed by atoms with van der Waals surface area (Å²) in [4.78, 5) is 2.57. The number of para-hydroxylation sites is 1. The molecule has 1 atom stereocenters. The summed E-state index contributed by atoms with van der Waals surface area (Å²) < 4.78 is 7.32. The van der Waals surface area contributed by atoms with Gasteiger partial charge >= 0.3 is 0 Å². The van der Waals surface area contributed by atoms with E-state index in [2.05, 4.69) is 47.5 Å². The Labute approximate surface area is 155 Å². The van der Waals surface area contributed by atoms with E-state index in [1.807, 2.05) is 28.9 Å². The maximum absolute atomic E-state index is 5.36. The van der Waals surface area contributed by atoms with Crippen molar-refractivity contribution in [2.45, 2.75) is 31.8 Å². The lowest BCUT2D eigenvalue weighted by atomic mass is 10.0. The maximum Gasteiger partial charge on any atom is 0.119 e. The lowest BCUT2D eigenvalue weighted by Gasteiger charge is -2.23. The van der Waals surface area contributed by atoms with Crippen molar-refractivity contribution in [2.24, 2.45) is 0 Å². The molecular weight excluding hydrogens is 322 g/mol. The van der Waals surface area contributed by atoms with Gasteiger partial charge in [0.15, 0.2) is 0 Å². The van der Waals surface area contributed by atoms with E-state index >= 15 is 0 Å². The minimum atomic E-state index is 0.573. The molecule has 1 aromatic heterocycles. The zero-order valence-electron chi connectivity index (χ0n) is 15.2. The van der Waals surface area contributed by atoms with Gasteiger partial charge in [-0.2, -0.15) is 5.10 Å². The molecule has 0 spiro atoms. The number of likely N-dealkylation sites (tertiary alicyclic amines) is 1. The van der Waals surface area contributed by atoms with Crippen LogP contribution in [0.5, 0.6) is 5.75 Å². The summed E-state index contributed by atoms with van der Waals surface area (Å²) in [6.07, 6.45) is 5.62. The predicted molar refractivity (Wildman–Crippen MR) is 104 cm³/mol. The number of methoxy groups -OCH3 is 1. The van der Waals surface area contributed by atoms with Crippen molar-refractivity contribution in [1.82, 2.24) is 14.7 Å². The van der Waals surface area contributed by atoms with E-state index in [4.69, 9.17) is 9.84 Å². The molecule has 1 aliphatic heterocycles. The highest BCUT2D eigenvalue weighted by atomic mass is 16.5. The zero-order valence-corrected chi connectivity index (χ0v) is 15.2. The summed E-state index contributed by atoms with van der Waals surface area (Å²) in [5, 5.41) is 4.77. The van der Waals surface area contributed by atoms with Crippen LogP contribution in [0, 0.1) is 0 Å². The van der Waals surface area contributed by atoms with Gasteiger partial charge in [-0.05, 0) is 61.7 Å². The lowest BCUT2D eigenvalue weighted by Crippen LogP contribution is -2.30. The van der Waals surface area contributed by atoms with E-state index in [1.54, 1.807) is 7.11 Å². The molecule has 3 aromatic rings. The van der Waals surface area contributed by atoms with Gasteiger partial charge in [-0.1, -0.05) is 30.3 Å². The Morgan fingerprint density at radius 3 is 2.81 bits per heavy atom. The van der Waals surface area contributed by atoms with Crippen molar-refractivity contribution in [1.29, 1.82) is 0 Å². The van der Waals surface area contributed by atoms with Crippen molar-refractivity contribution >= 4 is 0 Å². The number of aromatic nitrogens is 2. The van der Waals surface area contributed by atoms with Gasteiger partial charge in [-0.3, -0.25) is 4.90 Å². The monoisotopic (exact) mass is 347 g/mol. The van der Waals surface area contributed by atoms with E-state index in [1.165, 1.54) is 18.4 Å². The number of hydrogen-bond acceptors (Lipinski definition) is 3. The first-order valence-electron chi connectivity index (χ1n) is 9.29. The van der Waals surface area contributed by atoms with Gasteiger partial charge in [-0.25, -0.2) is 4.68 Å². The Morgan fingerprint density at radius 1 is 1.08 bits per heavy atom. The summed E-state index contributed by atoms with van der Waals surface area (Å²) >= 11 is 0. The summed E-state index contributed by atoms with van der Waals surface area (Å²) in [5.74, 6) is 0.939. The Bertz CT molecular complexity index is 843. The molecule has 0 unspecified atom stereocenters. The topological polar surface area (TPSA) is 30.3 Å². The average molecular weight is 347 g/mol. The van der Waals surface area contributed by atoms with Crippen LogP contribution in [0.4, 0.5) is 0 Å². The predicted octanol–water partition coefficient (Wildman–Crippen LogP) is 4.09. The van der Waals surface area contributed by atoms with Crippen LogP contribution in [0.3, 0.4) is 0 Å². The molecule has 0 N–H and O–H groups in total. The largest absolute Gasteiger partial charge is 0.497 e. The average Bonchev–Trinajstić information content (AvgIpc) is 3.33. The number of hydrogen-bond donors (Lipinski definition) is 0. The van der Waals surface area contributed by atoms with Crippen LogP contribution in [-0.4, -0.2) is 34.4 Å². The fourth-order valence-electron chi connectivity index (χ4n) is 3.78. The quantitative estimate of drug-likeness (QED) is 0.673. The molecule has 1 saturated heterocycles. The standard InChI is InChI=1S/C22H25N3O/c1-26-22-11-5-7-18(16-22)15-21-10-6-13-24(21)17-19-12-14-25(23-19)20-8-3-2-4-9-20/h2-5,7-9,11-12,14,16,21H,6,10,13,15,17H2,1H3/t21-/m1/s1. The summed E-state index contributed by atoms with van der Waals surface area (Å²) in [5.41, 5.74) is 3.58. The SMILES string of the molecule is COc1cccc(C[C@H]2CCCN2Cc2ccn(-c3ccccc3)n2)c1. The second-order valence-electron chi connectivity index (χ2n) is 6.91. The maximum atomic E-state index is 5.36. The smallest absolute Gasteiger partial charge is 0.119 e. The van der Waals surface area contributed by atoms with E-state index in [-0.39, 0.29) is 0 Å². The van der Waals surface area contributed by atoms with E-state index in [0.717, 1.165) is 36.6 Å². The summed E-state index contributed by atoms with van der Waals surface area (Å²) in [6, 6.07) is 21.4. The fourth-order valence-corrected chi connectivity index (χ4v) is 3.78.